The first-order valence-electron chi connectivity index (χ1n) is 11.6. The summed E-state index contributed by atoms with van der Waals surface area (Å²) in [6.45, 7) is 2.20. The van der Waals surface area contributed by atoms with Crippen LogP contribution in [0.25, 0.3) is 11.7 Å². The Kier molecular flexibility index (Phi) is 6.40. The van der Waals surface area contributed by atoms with Gasteiger partial charge in [0.1, 0.15) is 18.0 Å². The number of oxazole rings is 1. The van der Waals surface area contributed by atoms with Crippen molar-refractivity contribution in [1.82, 2.24) is 9.88 Å². The van der Waals surface area contributed by atoms with Crippen molar-refractivity contribution in [3.63, 3.8) is 0 Å². The molecule has 0 spiro atoms. The lowest BCUT2D eigenvalue weighted by Gasteiger charge is -2.37. The van der Waals surface area contributed by atoms with E-state index in [1.54, 1.807) is 12.1 Å². The van der Waals surface area contributed by atoms with E-state index in [0.29, 0.717) is 63.5 Å². The molecular weight excluding hydrogens is 458 g/mol. The molecule has 3 aromatic rings. The number of nitriles is 1. The molecule has 0 saturated carbocycles. The second kappa shape index (κ2) is 9.78. The van der Waals surface area contributed by atoms with Crippen molar-refractivity contribution in [2.45, 2.75) is 31.8 Å². The van der Waals surface area contributed by atoms with E-state index >= 15 is 0 Å². The molecule has 5 rings (SSSR count). The minimum Gasteiger partial charge on any atom is -0.487 e. The summed E-state index contributed by atoms with van der Waals surface area (Å²) in [6.07, 6.45) is 3.73. The quantitative estimate of drug-likeness (QED) is 0.533. The molecule has 35 heavy (non-hydrogen) atoms. The number of amides is 1. The predicted molar refractivity (Wildman–Crippen MR) is 120 cm³/mol. The normalized spacial score (nSPS) is 17.4. The number of nitrogens with zero attached hydrogens (tertiary/aromatic N) is 4. The molecule has 2 aliphatic rings. The average molecular weight is 482 g/mol. The zero-order valence-electron chi connectivity index (χ0n) is 19.0. The molecule has 2 saturated heterocycles. The SMILES string of the molecule is N#Cc1nc(-c2ccco2)oc1N1CCC(C(=O)N2CCC(Oc3ccc(F)cc3F)CC2)CC1. The Labute approximate surface area is 200 Å². The lowest BCUT2D eigenvalue weighted by molar-refractivity contribution is -0.138. The van der Waals surface area contributed by atoms with Crippen LogP contribution in [0.1, 0.15) is 31.4 Å². The minimum absolute atomic E-state index is 0.0305. The van der Waals surface area contributed by atoms with E-state index in [4.69, 9.17) is 13.6 Å². The first-order chi connectivity index (χ1) is 17.0. The van der Waals surface area contributed by atoms with E-state index in [-0.39, 0.29) is 35.3 Å². The molecule has 1 amide bonds. The standard InChI is InChI=1S/C25H24F2N4O4/c26-17-3-4-21(19(27)14-17)34-18-7-11-30(12-8-18)24(32)16-5-9-31(10-6-16)25-20(15-28)29-23(35-25)22-2-1-13-33-22/h1-4,13-14,16,18H,5-12H2. The molecule has 1 aromatic carbocycles. The Morgan fingerprint density at radius 1 is 1.11 bits per heavy atom. The Hall–Kier alpha value is -3.87. The van der Waals surface area contributed by atoms with E-state index in [1.807, 2.05) is 9.80 Å². The van der Waals surface area contributed by atoms with Gasteiger partial charge in [-0.3, -0.25) is 4.79 Å². The minimum atomic E-state index is -0.724. The Balaban J connectivity index is 1.14. The fourth-order valence-electron chi connectivity index (χ4n) is 4.64. The summed E-state index contributed by atoms with van der Waals surface area (Å²) >= 11 is 0. The third-order valence-corrected chi connectivity index (χ3v) is 6.52. The van der Waals surface area contributed by atoms with Crippen LogP contribution in [0.4, 0.5) is 14.7 Å². The predicted octanol–water partition coefficient (Wildman–Crippen LogP) is 4.37. The van der Waals surface area contributed by atoms with Crippen LogP contribution in [0.3, 0.4) is 0 Å². The number of anilines is 1. The number of benzene rings is 1. The summed E-state index contributed by atoms with van der Waals surface area (Å²) in [7, 11) is 0. The fraction of sp³-hybridized carbons (Fsp3) is 0.400. The lowest BCUT2D eigenvalue weighted by Crippen LogP contribution is -2.47. The smallest absolute Gasteiger partial charge is 0.266 e. The number of likely N-dealkylation sites (tertiary alicyclic amines) is 1. The molecular formula is C25H24F2N4O4. The van der Waals surface area contributed by atoms with Gasteiger partial charge in [0.25, 0.3) is 5.89 Å². The highest BCUT2D eigenvalue weighted by molar-refractivity contribution is 5.79. The van der Waals surface area contributed by atoms with Gasteiger partial charge in [0.2, 0.25) is 17.5 Å². The molecule has 0 radical (unpaired) electrons. The number of hydrogen-bond acceptors (Lipinski definition) is 7. The summed E-state index contributed by atoms with van der Waals surface area (Å²) in [5, 5.41) is 9.47. The Bertz CT molecular complexity index is 1220. The van der Waals surface area contributed by atoms with Crippen molar-refractivity contribution in [1.29, 1.82) is 5.26 Å². The number of furan rings is 1. The van der Waals surface area contributed by atoms with Crippen LogP contribution < -0.4 is 9.64 Å². The molecule has 8 nitrogen and oxygen atoms in total. The van der Waals surface area contributed by atoms with Gasteiger partial charge in [0.15, 0.2) is 17.3 Å². The van der Waals surface area contributed by atoms with E-state index in [0.717, 1.165) is 6.07 Å². The van der Waals surface area contributed by atoms with Gasteiger partial charge in [-0.2, -0.15) is 10.2 Å². The van der Waals surface area contributed by atoms with Gasteiger partial charge in [-0.25, -0.2) is 8.78 Å². The molecule has 0 atom stereocenters. The maximum atomic E-state index is 13.9. The third kappa shape index (κ3) is 4.85. The zero-order chi connectivity index (χ0) is 24.4. The largest absolute Gasteiger partial charge is 0.487 e. The average Bonchev–Trinajstić information content (AvgIpc) is 3.56. The number of halogens is 2. The second-order valence-electron chi connectivity index (χ2n) is 8.74. The van der Waals surface area contributed by atoms with Gasteiger partial charge >= 0.3 is 0 Å². The molecule has 2 aromatic heterocycles. The van der Waals surface area contributed by atoms with Crippen LogP contribution in [-0.2, 0) is 4.79 Å². The monoisotopic (exact) mass is 482 g/mol. The van der Waals surface area contributed by atoms with Crippen LogP contribution in [0.5, 0.6) is 5.75 Å². The number of aromatic nitrogens is 1. The number of carbonyl (C=O) groups is 1. The molecule has 0 unspecified atom stereocenters. The van der Waals surface area contributed by atoms with Crippen LogP contribution in [0.2, 0.25) is 0 Å². The molecule has 4 heterocycles. The number of ether oxygens (including phenoxy) is 1. The van der Waals surface area contributed by atoms with E-state index < -0.39 is 11.6 Å². The van der Waals surface area contributed by atoms with Crippen molar-refractivity contribution in [2.24, 2.45) is 5.92 Å². The zero-order valence-corrected chi connectivity index (χ0v) is 19.0. The highest BCUT2D eigenvalue weighted by Gasteiger charge is 2.33. The van der Waals surface area contributed by atoms with Crippen LogP contribution in [0, 0.1) is 28.9 Å². The molecule has 182 valence electrons. The van der Waals surface area contributed by atoms with E-state index in [2.05, 4.69) is 11.1 Å². The van der Waals surface area contributed by atoms with E-state index in [1.165, 1.54) is 18.4 Å². The highest BCUT2D eigenvalue weighted by Crippen LogP contribution is 2.32. The first-order valence-corrected chi connectivity index (χ1v) is 11.6. The summed E-state index contributed by atoms with van der Waals surface area (Å²) in [4.78, 5) is 21.1. The van der Waals surface area contributed by atoms with E-state index in [9.17, 15) is 18.8 Å². The van der Waals surface area contributed by atoms with Gasteiger partial charge in [0, 0.05) is 51.0 Å². The van der Waals surface area contributed by atoms with Crippen LogP contribution >= 0.6 is 0 Å². The van der Waals surface area contributed by atoms with Crippen molar-refractivity contribution in [3.8, 4) is 23.5 Å². The van der Waals surface area contributed by atoms with Crippen molar-refractivity contribution >= 4 is 11.8 Å². The highest BCUT2D eigenvalue weighted by atomic mass is 19.1. The second-order valence-corrected chi connectivity index (χ2v) is 8.74. The van der Waals surface area contributed by atoms with Crippen molar-refractivity contribution in [2.75, 3.05) is 31.1 Å². The topological polar surface area (TPSA) is 95.7 Å². The third-order valence-electron chi connectivity index (χ3n) is 6.52. The van der Waals surface area contributed by atoms with Crippen LogP contribution in [-0.4, -0.2) is 48.1 Å². The molecule has 2 aliphatic heterocycles. The van der Waals surface area contributed by atoms with Gasteiger partial charge in [-0.05, 0) is 37.1 Å². The lowest BCUT2D eigenvalue weighted by atomic mass is 9.94. The van der Waals surface area contributed by atoms with Gasteiger partial charge in [0.05, 0.1) is 6.26 Å². The van der Waals surface area contributed by atoms with Gasteiger partial charge < -0.3 is 23.4 Å². The molecule has 2 fully saturated rings. The summed E-state index contributed by atoms with van der Waals surface area (Å²) < 4.78 is 43.8. The number of hydrogen-bond donors (Lipinski definition) is 0. The molecule has 10 heteroatoms. The summed E-state index contributed by atoms with van der Waals surface area (Å²) in [5.41, 5.74) is 0.195. The summed E-state index contributed by atoms with van der Waals surface area (Å²) in [5.74, 6) is -0.248. The van der Waals surface area contributed by atoms with Crippen LogP contribution in [0.15, 0.2) is 45.4 Å². The molecule has 0 bridgehead atoms. The summed E-state index contributed by atoms with van der Waals surface area (Å²) in [6, 6.07) is 8.77. The maximum Gasteiger partial charge on any atom is 0.266 e. The van der Waals surface area contributed by atoms with Crippen molar-refractivity contribution in [3.05, 3.63) is 53.9 Å². The Morgan fingerprint density at radius 3 is 2.54 bits per heavy atom. The van der Waals surface area contributed by atoms with Gasteiger partial charge in [-0.15, -0.1) is 0 Å². The number of rotatable bonds is 5. The Morgan fingerprint density at radius 2 is 1.89 bits per heavy atom. The van der Waals surface area contributed by atoms with Gasteiger partial charge in [-0.1, -0.05) is 0 Å². The molecule has 0 N–H and O–H groups in total. The maximum absolute atomic E-state index is 13.9. The number of carbonyl (C=O) groups excluding carboxylic acids is 1. The molecule has 0 aliphatic carbocycles. The van der Waals surface area contributed by atoms with Crippen molar-refractivity contribution < 1.29 is 27.1 Å². The fourth-order valence-corrected chi connectivity index (χ4v) is 4.64. The number of piperidine rings is 2. The first kappa shape index (κ1) is 22.9.